The first-order chi connectivity index (χ1) is 5.29. The van der Waals surface area contributed by atoms with E-state index in [1.165, 1.54) is 6.07 Å². The maximum absolute atomic E-state index is 9.31. The molecule has 0 atom stereocenters. The average molecular weight is 151 g/mol. The van der Waals surface area contributed by atoms with Gasteiger partial charge in [0.15, 0.2) is 11.5 Å². The van der Waals surface area contributed by atoms with Crippen molar-refractivity contribution >= 4 is 5.69 Å². The van der Waals surface area contributed by atoms with Crippen LogP contribution in [-0.2, 0) is 6.42 Å². The van der Waals surface area contributed by atoms with Crippen molar-refractivity contribution in [1.82, 2.24) is 0 Å². The van der Waals surface area contributed by atoms with E-state index in [0.717, 1.165) is 18.5 Å². The number of phenols is 2. The second-order valence-electron chi connectivity index (χ2n) is 2.64. The van der Waals surface area contributed by atoms with Crippen LogP contribution in [0.4, 0.5) is 5.69 Å². The minimum atomic E-state index is -0.0573. The first-order valence-electron chi connectivity index (χ1n) is 3.57. The van der Waals surface area contributed by atoms with Crippen LogP contribution in [0.3, 0.4) is 0 Å². The molecule has 0 aliphatic carbocycles. The molecule has 1 aliphatic heterocycles. The number of aromatic hydroxyl groups is 2. The Labute approximate surface area is 64.3 Å². The molecule has 1 heterocycles. The smallest absolute Gasteiger partial charge is 0.181 e. The fourth-order valence-corrected chi connectivity index (χ4v) is 1.35. The SMILES string of the molecule is Oc1ccc2c(c1O)NCC2. The van der Waals surface area contributed by atoms with E-state index in [4.69, 9.17) is 5.11 Å². The standard InChI is InChI=1S/C8H9NO2/c10-6-2-1-5-3-4-9-7(5)8(6)11/h1-2,9-11H,3-4H2. The molecule has 3 nitrogen and oxygen atoms in total. The molecule has 1 aliphatic rings. The van der Waals surface area contributed by atoms with Gasteiger partial charge >= 0.3 is 0 Å². The number of anilines is 1. The molecule has 0 radical (unpaired) electrons. The minimum absolute atomic E-state index is 0.0278. The Kier molecular flexibility index (Phi) is 1.18. The molecule has 0 unspecified atom stereocenters. The molecule has 0 saturated heterocycles. The van der Waals surface area contributed by atoms with Crippen LogP contribution < -0.4 is 5.32 Å². The largest absolute Gasteiger partial charge is 0.504 e. The van der Waals surface area contributed by atoms with Crippen molar-refractivity contribution in [3.8, 4) is 11.5 Å². The number of hydrogen-bond acceptors (Lipinski definition) is 3. The van der Waals surface area contributed by atoms with E-state index in [-0.39, 0.29) is 11.5 Å². The molecule has 2 rings (SSSR count). The monoisotopic (exact) mass is 151 g/mol. The molecule has 0 amide bonds. The van der Waals surface area contributed by atoms with Gasteiger partial charge in [0, 0.05) is 6.54 Å². The summed E-state index contributed by atoms with van der Waals surface area (Å²) in [6, 6.07) is 3.34. The Hall–Kier alpha value is -1.38. The number of fused-ring (bicyclic) bond motifs is 1. The van der Waals surface area contributed by atoms with E-state index in [1.807, 2.05) is 6.07 Å². The summed E-state index contributed by atoms with van der Waals surface area (Å²) in [4.78, 5) is 0. The number of hydrogen-bond donors (Lipinski definition) is 3. The summed E-state index contributed by atoms with van der Waals surface area (Å²) in [5, 5.41) is 21.4. The highest BCUT2D eigenvalue weighted by Crippen LogP contribution is 2.38. The summed E-state index contributed by atoms with van der Waals surface area (Å²) in [7, 11) is 0. The van der Waals surface area contributed by atoms with Crippen LogP contribution in [0.5, 0.6) is 11.5 Å². The lowest BCUT2D eigenvalue weighted by atomic mass is 10.1. The van der Waals surface area contributed by atoms with Crippen molar-refractivity contribution in [1.29, 1.82) is 0 Å². The third kappa shape index (κ3) is 0.808. The van der Waals surface area contributed by atoms with Crippen molar-refractivity contribution in [3.05, 3.63) is 17.7 Å². The maximum atomic E-state index is 9.31. The summed E-state index contributed by atoms with van der Waals surface area (Å²) in [6.07, 6.45) is 0.920. The van der Waals surface area contributed by atoms with Crippen LogP contribution in [-0.4, -0.2) is 16.8 Å². The Morgan fingerprint density at radius 1 is 1.27 bits per heavy atom. The van der Waals surface area contributed by atoms with Gasteiger partial charge in [0.2, 0.25) is 0 Å². The second-order valence-corrected chi connectivity index (χ2v) is 2.64. The van der Waals surface area contributed by atoms with E-state index in [1.54, 1.807) is 0 Å². The maximum Gasteiger partial charge on any atom is 0.181 e. The van der Waals surface area contributed by atoms with E-state index < -0.39 is 0 Å². The zero-order valence-electron chi connectivity index (χ0n) is 5.96. The molecular weight excluding hydrogens is 142 g/mol. The molecule has 0 fully saturated rings. The highest BCUT2D eigenvalue weighted by Gasteiger charge is 2.15. The highest BCUT2D eigenvalue weighted by atomic mass is 16.3. The first-order valence-corrected chi connectivity index (χ1v) is 3.57. The van der Waals surface area contributed by atoms with Crippen molar-refractivity contribution in [2.24, 2.45) is 0 Å². The van der Waals surface area contributed by atoms with Crippen LogP contribution in [0.1, 0.15) is 5.56 Å². The summed E-state index contributed by atoms with van der Waals surface area (Å²) < 4.78 is 0. The van der Waals surface area contributed by atoms with Gasteiger partial charge in [0.05, 0.1) is 5.69 Å². The zero-order valence-corrected chi connectivity index (χ0v) is 5.96. The second kappa shape index (κ2) is 2.05. The van der Waals surface area contributed by atoms with Gasteiger partial charge in [0.25, 0.3) is 0 Å². The van der Waals surface area contributed by atoms with Gasteiger partial charge in [-0.2, -0.15) is 0 Å². The van der Waals surface area contributed by atoms with E-state index in [0.29, 0.717) is 5.69 Å². The fraction of sp³-hybridized carbons (Fsp3) is 0.250. The normalized spacial score (nSPS) is 14.2. The molecule has 0 aromatic heterocycles. The van der Waals surface area contributed by atoms with Crippen molar-refractivity contribution < 1.29 is 10.2 Å². The highest BCUT2D eigenvalue weighted by molar-refractivity contribution is 5.69. The molecule has 0 bridgehead atoms. The average Bonchev–Trinajstić information content (AvgIpc) is 2.45. The Bertz CT molecular complexity index is 296. The zero-order chi connectivity index (χ0) is 7.84. The lowest BCUT2D eigenvalue weighted by molar-refractivity contribution is 0.405. The van der Waals surface area contributed by atoms with Crippen LogP contribution >= 0.6 is 0 Å². The molecule has 3 N–H and O–H groups in total. The lowest BCUT2D eigenvalue weighted by Crippen LogP contribution is -1.91. The quantitative estimate of drug-likeness (QED) is 0.486. The molecule has 1 aromatic carbocycles. The van der Waals surface area contributed by atoms with Gasteiger partial charge in [-0.15, -0.1) is 0 Å². The lowest BCUT2D eigenvalue weighted by Gasteiger charge is -2.03. The number of phenolic OH excluding ortho intramolecular Hbond substituents is 2. The van der Waals surface area contributed by atoms with E-state index in [2.05, 4.69) is 5.32 Å². The van der Waals surface area contributed by atoms with Crippen LogP contribution in [0.25, 0.3) is 0 Å². The van der Waals surface area contributed by atoms with Gasteiger partial charge < -0.3 is 15.5 Å². The van der Waals surface area contributed by atoms with Crippen molar-refractivity contribution in [2.75, 3.05) is 11.9 Å². The third-order valence-electron chi connectivity index (χ3n) is 1.94. The molecule has 1 aromatic rings. The molecule has 0 spiro atoms. The Morgan fingerprint density at radius 3 is 2.91 bits per heavy atom. The molecule has 3 heteroatoms. The molecule has 0 saturated carbocycles. The van der Waals surface area contributed by atoms with Crippen LogP contribution in [0.15, 0.2) is 12.1 Å². The van der Waals surface area contributed by atoms with Gasteiger partial charge in [-0.3, -0.25) is 0 Å². The number of benzene rings is 1. The number of rotatable bonds is 0. The topological polar surface area (TPSA) is 52.5 Å². The summed E-state index contributed by atoms with van der Waals surface area (Å²) in [6.45, 7) is 0.840. The van der Waals surface area contributed by atoms with Crippen LogP contribution in [0, 0.1) is 0 Å². The summed E-state index contributed by atoms with van der Waals surface area (Å²) >= 11 is 0. The van der Waals surface area contributed by atoms with Gasteiger partial charge in [-0.1, -0.05) is 6.07 Å². The number of nitrogens with one attached hydrogen (secondary N) is 1. The Morgan fingerprint density at radius 2 is 2.09 bits per heavy atom. The molecule has 11 heavy (non-hydrogen) atoms. The fourth-order valence-electron chi connectivity index (χ4n) is 1.35. The third-order valence-corrected chi connectivity index (χ3v) is 1.94. The summed E-state index contributed by atoms with van der Waals surface area (Å²) in [5.41, 5.74) is 1.75. The van der Waals surface area contributed by atoms with Crippen LogP contribution in [0.2, 0.25) is 0 Å². The summed E-state index contributed by atoms with van der Waals surface area (Å²) in [5.74, 6) is -0.0850. The first kappa shape index (κ1) is 6.34. The predicted octanol–water partition coefficient (Wildman–Crippen LogP) is 1.07. The Balaban J connectivity index is 2.62. The van der Waals surface area contributed by atoms with Gasteiger partial charge in [-0.05, 0) is 18.1 Å². The van der Waals surface area contributed by atoms with Crippen molar-refractivity contribution in [3.63, 3.8) is 0 Å². The minimum Gasteiger partial charge on any atom is -0.504 e. The molecular formula is C8H9NO2. The van der Waals surface area contributed by atoms with Gasteiger partial charge in [0.1, 0.15) is 0 Å². The molecule has 58 valence electrons. The van der Waals surface area contributed by atoms with Crippen molar-refractivity contribution in [2.45, 2.75) is 6.42 Å². The van der Waals surface area contributed by atoms with Gasteiger partial charge in [-0.25, -0.2) is 0 Å². The van der Waals surface area contributed by atoms with E-state index >= 15 is 0 Å². The van der Waals surface area contributed by atoms with E-state index in [9.17, 15) is 5.11 Å². The predicted molar refractivity (Wildman–Crippen MR) is 42.0 cm³/mol.